The van der Waals surface area contributed by atoms with E-state index in [4.69, 9.17) is 14.2 Å². The Hall–Kier alpha value is -4.97. The van der Waals surface area contributed by atoms with E-state index in [1.807, 2.05) is 0 Å². The van der Waals surface area contributed by atoms with E-state index in [1.165, 1.54) is 64.2 Å². The fraction of sp³-hybridized carbons (Fsp3) is 0.592. The highest BCUT2D eigenvalue weighted by molar-refractivity contribution is 5.71. The lowest BCUT2D eigenvalue weighted by Crippen LogP contribution is -2.30. The SMILES string of the molecule is CC/C=C\C/C=C\C/C=C\C/C=C\C/C=C\CCCC(=O)OCC(COC(=O)CCCCCCCCCCCC/C=C\C/C=C\C/C=C\C/C=C\CC)OC(=O)CCCCCCCC/C=C\C/C=C\C/C=C\C/C=C\CC. The third kappa shape index (κ3) is 61.8. The second-order valence-corrected chi connectivity index (χ2v) is 19.8. The summed E-state index contributed by atoms with van der Waals surface area (Å²) >= 11 is 0. The summed E-state index contributed by atoms with van der Waals surface area (Å²) in [6, 6.07) is 0. The van der Waals surface area contributed by atoms with E-state index < -0.39 is 6.10 Å². The minimum Gasteiger partial charge on any atom is -0.462 e. The van der Waals surface area contributed by atoms with Gasteiger partial charge in [-0.1, -0.05) is 256 Å². The van der Waals surface area contributed by atoms with E-state index in [1.54, 1.807) is 0 Å². The number of allylic oxidation sites excluding steroid dienone is 26. The summed E-state index contributed by atoms with van der Waals surface area (Å²) in [5.74, 6) is -0.993. The van der Waals surface area contributed by atoms with Crippen molar-refractivity contribution in [1.82, 2.24) is 0 Å². The van der Waals surface area contributed by atoms with Gasteiger partial charge in [-0.15, -0.1) is 0 Å². The van der Waals surface area contributed by atoms with Crippen LogP contribution in [0.4, 0.5) is 0 Å². The molecule has 0 saturated heterocycles. The van der Waals surface area contributed by atoms with Gasteiger partial charge in [0.2, 0.25) is 0 Å². The van der Waals surface area contributed by atoms with E-state index in [0.717, 1.165) is 141 Å². The quantitative estimate of drug-likeness (QED) is 0.0261. The smallest absolute Gasteiger partial charge is 0.306 e. The molecule has 0 radical (unpaired) electrons. The Bertz CT molecular complexity index is 1740. The van der Waals surface area contributed by atoms with Crippen molar-refractivity contribution in [2.75, 3.05) is 13.2 Å². The van der Waals surface area contributed by atoms with Crippen LogP contribution in [-0.4, -0.2) is 37.2 Å². The molecule has 1 atom stereocenters. The number of unbranched alkanes of at least 4 members (excludes halogenated alkanes) is 17. The van der Waals surface area contributed by atoms with Crippen LogP contribution in [0.1, 0.15) is 252 Å². The van der Waals surface area contributed by atoms with Crippen molar-refractivity contribution in [3.63, 3.8) is 0 Å². The Morgan fingerprint density at radius 2 is 0.481 bits per heavy atom. The second kappa shape index (κ2) is 63.6. The van der Waals surface area contributed by atoms with Gasteiger partial charge in [0.15, 0.2) is 6.10 Å². The maximum atomic E-state index is 12.9. The summed E-state index contributed by atoms with van der Waals surface area (Å²) in [6.07, 6.45) is 92.4. The van der Waals surface area contributed by atoms with Gasteiger partial charge in [0.05, 0.1) is 0 Å². The first kappa shape index (κ1) is 72.0. The van der Waals surface area contributed by atoms with E-state index in [9.17, 15) is 14.4 Å². The zero-order valence-electron chi connectivity index (χ0n) is 49.4. The first-order chi connectivity index (χ1) is 38.0. The first-order valence-electron chi connectivity index (χ1n) is 31.0. The van der Waals surface area contributed by atoms with Crippen molar-refractivity contribution in [2.24, 2.45) is 0 Å². The molecule has 0 aromatic heterocycles. The van der Waals surface area contributed by atoms with Crippen LogP contribution in [0, 0.1) is 0 Å². The minimum absolute atomic E-state index is 0.111. The second-order valence-electron chi connectivity index (χ2n) is 19.8. The highest BCUT2D eigenvalue weighted by Gasteiger charge is 2.19. The Balaban J connectivity index is 4.50. The molecule has 0 aliphatic carbocycles. The highest BCUT2D eigenvalue weighted by Crippen LogP contribution is 2.14. The number of ether oxygens (including phenoxy) is 3. The van der Waals surface area contributed by atoms with Gasteiger partial charge in [-0.2, -0.15) is 0 Å². The van der Waals surface area contributed by atoms with Crippen molar-refractivity contribution >= 4 is 17.9 Å². The van der Waals surface area contributed by atoms with E-state index >= 15 is 0 Å². The molecule has 0 amide bonds. The van der Waals surface area contributed by atoms with Gasteiger partial charge in [0, 0.05) is 19.3 Å². The van der Waals surface area contributed by atoms with Crippen LogP contribution in [0.5, 0.6) is 0 Å². The van der Waals surface area contributed by atoms with Gasteiger partial charge < -0.3 is 14.2 Å². The number of hydrogen-bond acceptors (Lipinski definition) is 6. The molecular weight excluding hydrogens is 949 g/mol. The van der Waals surface area contributed by atoms with Crippen LogP contribution >= 0.6 is 0 Å². The van der Waals surface area contributed by atoms with Gasteiger partial charge in [0.1, 0.15) is 13.2 Å². The third-order valence-electron chi connectivity index (χ3n) is 12.5. The zero-order chi connectivity index (χ0) is 55.7. The van der Waals surface area contributed by atoms with Crippen molar-refractivity contribution in [1.29, 1.82) is 0 Å². The highest BCUT2D eigenvalue weighted by atomic mass is 16.6. The molecule has 0 aromatic rings. The zero-order valence-corrected chi connectivity index (χ0v) is 49.4. The molecule has 0 bridgehead atoms. The lowest BCUT2D eigenvalue weighted by molar-refractivity contribution is -0.167. The van der Waals surface area contributed by atoms with E-state index in [0.29, 0.717) is 19.3 Å². The maximum Gasteiger partial charge on any atom is 0.306 e. The summed E-state index contributed by atoms with van der Waals surface area (Å²) in [5, 5.41) is 0. The van der Waals surface area contributed by atoms with E-state index in [-0.39, 0.29) is 37.5 Å². The molecule has 0 spiro atoms. The van der Waals surface area contributed by atoms with Crippen molar-refractivity contribution in [3.8, 4) is 0 Å². The Labute approximate surface area is 473 Å². The van der Waals surface area contributed by atoms with Gasteiger partial charge in [-0.3, -0.25) is 14.4 Å². The molecule has 0 aromatic carbocycles. The fourth-order valence-corrected chi connectivity index (χ4v) is 7.99. The number of hydrogen-bond donors (Lipinski definition) is 0. The fourth-order valence-electron chi connectivity index (χ4n) is 7.99. The molecule has 432 valence electrons. The van der Waals surface area contributed by atoms with Crippen molar-refractivity contribution < 1.29 is 28.6 Å². The average Bonchev–Trinajstić information content (AvgIpc) is 3.43. The third-order valence-corrected chi connectivity index (χ3v) is 12.5. The number of esters is 3. The average molecular weight is 1060 g/mol. The van der Waals surface area contributed by atoms with Crippen LogP contribution in [-0.2, 0) is 28.6 Å². The monoisotopic (exact) mass is 1060 g/mol. The standard InChI is InChI=1S/C71H112O6/c1-4-7-10-13-16-19-22-25-28-31-33-34-35-36-38-40-43-46-49-52-55-58-61-64-70(73)76-67-68(66-75-69(72)63-60-57-54-51-48-45-42-39-30-27-24-21-18-15-12-9-6-3)77-71(74)65-62-59-56-53-50-47-44-41-37-32-29-26-23-20-17-14-11-8-5-2/h7-12,16-21,25-30,33-34,37,41-42,45,51,54,68H,4-6,13-15,22-24,31-32,35-36,38-40,43-44,46-50,52-53,55-67H2,1-3H3/b10-7-,11-8-,12-9-,19-16-,20-17-,21-18-,28-25-,29-26-,30-27-,34-33-,41-37-,45-42-,54-51-. The molecule has 0 aliphatic heterocycles. The van der Waals surface area contributed by atoms with Crippen LogP contribution in [0.25, 0.3) is 0 Å². The van der Waals surface area contributed by atoms with Crippen LogP contribution in [0.3, 0.4) is 0 Å². The molecule has 1 unspecified atom stereocenters. The number of carbonyl (C=O) groups excluding carboxylic acids is 3. The lowest BCUT2D eigenvalue weighted by Gasteiger charge is -2.18. The van der Waals surface area contributed by atoms with Crippen molar-refractivity contribution in [2.45, 2.75) is 258 Å². The van der Waals surface area contributed by atoms with E-state index in [2.05, 4.69) is 179 Å². The minimum atomic E-state index is -0.820. The number of carbonyl (C=O) groups is 3. The molecule has 6 heteroatoms. The molecule has 0 saturated carbocycles. The van der Waals surface area contributed by atoms with Crippen LogP contribution in [0.15, 0.2) is 158 Å². The van der Waals surface area contributed by atoms with Gasteiger partial charge in [-0.05, 0) is 135 Å². The molecular formula is C71H112O6. The lowest BCUT2D eigenvalue weighted by atomic mass is 10.1. The molecule has 0 N–H and O–H groups in total. The summed E-state index contributed by atoms with van der Waals surface area (Å²) in [6.45, 7) is 6.23. The van der Waals surface area contributed by atoms with Crippen molar-refractivity contribution in [3.05, 3.63) is 158 Å². The molecule has 77 heavy (non-hydrogen) atoms. The molecule has 0 rings (SSSR count). The summed E-state index contributed by atoms with van der Waals surface area (Å²) in [4.78, 5) is 38.3. The normalized spacial score (nSPS) is 13.2. The predicted molar refractivity (Wildman–Crippen MR) is 334 cm³/mol. The Morgan fingerprint density at radius 1 is 0.260 bits per heavy atom. The molecule has 0 aliphatic rings. The van der Waals surface area contributed by atoms with Crippen LogP contribution < -0.4 is 0 Å². The Kier molecular flexibility index (Phi) is 59.5. The summed E-state index contributed by atoms with van der Waals surface area (Å²) in [5.41, 5.74) is 0. The van der Waals surface area contributed by atoms with Gasteiger partial charge in [0.25, 0.3) is 0 Å². The Morgan fingerprint density at radius 3 is 0.779 bits per heavy atom. The molecule has 0 fully saturated rings. The molecule has 6 nitrogen and oxygen atoms in total. The van der Waals surface area contributed by atoms with Gasteiger partial charge >= 0.3 is 17.9 Å². The number of rotatable bonds is 54. The summed E-state index contributed by atoms with van der Waals surface area (Å²) < 4.78 is 16.9. The van der Waals surface area contributed by atoms with Crippen LogP contribution in [0.2, 0.25) is 0 Å². The summed E-state index contributed by atoms with van der Waals surface area (Å²) in [7, 11) is 0. The topological polar surface area (TPSA) is 78.9 Å². The predicted octanol–water partition coefficient (Wildman–Crippen LogP) is 21.3. The maximum absolute atomic E-state index is 12.9. The molecule has 0 heterocycles. The van der Waals surface area contributed by atoms with Gasteiger partial charge in [-0.25, -0.2) is 0 Å². The largest absolute Gasteiger partial charge is 0.462 e. The first-order valence-corrected chi connectivity index (χ1v) is 31.0.